The number of para-hydroxylation sites is 1. The van der Waals surface area contributed by atoms with E-state index in [1.54, 1.807) is 0 Å². The average Bonchev–Trinajstić information content (AvgIpc) is 3.76. The van der Waals surface area contributed by atoms with E-state index in [0.29, 0.717) is 0 Å². The SMILES string of the molecule is C=Cc1c(/C=C\C)oc2cc(N(c3ccccc3)c3cc4c(c5ccccc35)-c3ccccc3C4(C)C)ccc12.CN=C/C(=C(\C)C1CCC1)c1ccccc1C.Sc1ccccc1. The smallest absolute Gasteiger partial charge is 0.137 e. The van der Waals surface area contributed by atoms with Crippen LogP contribution < -0.4 is 4.90 Å². The van der Waals surface area contributed by atoms with Gasteiger partial charge in [0.2, 0.25) is 0 Å². The normalized spacial score (nSPS) is 14.2. The van der Waals surface area contributed by atoms with E-state index in [9.17, 15) is 0 Å². The fourth-order valence-electron chi connectivity index (χ4n) is 9.35. The van der Waals surface area contributed by atoms with E-state index in [-0.39, 0.29) is 5.41 Å². The second-order valence-corrected chi connectivity index (χ2v) is 17.7. The molecule has 2 aliphatic rings. The van der Waals surface area contributed by atoms with Gasteiger partial charge in [-0.15, -0.1) is 12.6 Å². The lowest BCUT2D eigenvalue weighted by Gasteiger charge is -2.29. The van der Waals surface area contributed by atoms with E-state index in [0.717, 1.165) is 50.2 Å². The number of aliphatic imine (C=N–C) groups is 1. The Labute approximate surface area is 385 Å². The second kappa shape index (κ2) is 19.4. The first kappa shape index (κ1) is 44.0. The summed E-state index contributed by atoms with van der Waals surface area (Å²) in [5.74, 6) is 1.61. The minimum Gasteiger partial charge on any atom is -0.456 e. The third-order valence-corrected chi connectivity index (χ3v) is 13.2. The van der Waals surface area contributed by atoms with Gasteiger partial charge in [-0.2, -0.15) is 0 Å². The van der Waals surface area contributed by atoms with Crippen LogP contribution in [0.5, 0.6) is 0 Å². The molecule has 0 aliphatic heterocycles. The van der Waals surface area contributed by atoms with E-state index < -0.39 is 0 Å². The van der Waals surface area contributed by atoms with Gasteiger partial charge in [0.05, 0.1) is 5.69 Å². The summed E-state index contributed by atoms with van der Waals surface area (Å²) in [5.41, 5.74) is 16.0. The van der Waals surface area contributed by atoms with Gasteiger partial charge in [-0.1, -0.05) is 154 Å². The van der Waals surface area contributed by atoms with Crippen molar-refractivity contribution in [2.45, 2.75) is 64.2 Å². The molecule has 0 amide bonds. The monoisotopic (exact) mass is 854 g/mol. The molecule has 1 saturated carbocycles. The Morgan fingerprint density at radius 3 is 2.05 bits per heavy atom. The van der Waals surface area contributed by atoms with Crippen molar-refractivity contribution in [3.8, 4) is 11.1 Å². The molecule has 0 N–H and O–H groups in total. The first-order chi connectivity index (χ1) is 31.2. The molecule has 8 aromatic rings. The molecule has 10 rings (SSSR count). The van der Waals surface area contributed by atoms with Crippen LogP contribution in [0, 0.1) is 12.8 Å². The zero-order valence-electron chi connectivity index (χ0n) is 38.0. The number of hydrogen-bond acceptors (Lipinski definition) is 4. The van der Waals surface area contributed by atoms with Gasteiger partial charge in [0.25, 0.3) is 0 Å². The van der Waals surface area contributed by atoms with Crippen molar-refractivity contribution in [2.24, 2.45) is 10.9 Å². The number of furan rings is 1. The topological polar surface area (TPSA) is 28.7 Å². The molecule has 0 saturated heterocycles. The highest BCUT2D eigenvalue weighted by Gasteiger charge is 2.37. The molecular formula is C60H58N2OS. The lowest BCUT2D eigenvalue weighted by Crippen LogP contribution is -2.17. The van der Waals surface area contributed by atoms with Crippen LogP contribution in [0.15, 0.2) is 190 Å². The fourth-order valence-corrected chi connectivity index (χ4v) is 9.52. The van der Waals surface area contributed by atoms with Crippen LogP contribution in [0.3, 0.4) is 0 Å². The zero-order chi connectivity index (χ0) is 44.8. The lowest BCUT2D eigenvalue weighted by molar-refractivity contribution is 0.369. The molecule has 1 fully saturated rings. The summed E-state index contributed by atoms with van der Waals surface area (Å²) in [6, 6.07) is 55.6. The third kappa shape index (κ3) is 8.68. The summed E-state index contributed by atoms with van der Waals surface area (Å²) in [6.45, 7) is 15.2. The van der Waals surface area contributed by atoms with Gasteiger partial charge < -0.3 is 9.32 Å². The number of rotatable bonds is 8. The van der Waals surface area contributed by atoms with E-state index >= 15 is 0 Å². The highest BCUT2D eigenvalue weighted by Crippen LogP contribution is 2.54. The molecule has 0 unspecified atom stereocenters. The summed E-state index contributed by atoms with van der Waals surface area (Å²) in [5, 5.41) is 3.56. The molecule has 64 heavy (non-hydrogen) atoms. The fraction of sp³-hybridized carbons (Fsp3) is 0.183. The maximum Gasteiger partial charge on any atom is 0.137 e. The van der Waals surface area contributed by atoms with Crippen LogP contribution in [0.2, 0.25) is 0 Å². The number of aryl methyl sites for hydroxylation is 1. The van der Waals surface area contributed by atoms with E-state index in [2.05, 4.69) is 184 Å². The van der Waals surface area contributed by atoms with Crippen molar-refractivity contribution >= 4 is 75.4 Å². The van der Waals surface area contributed by atoms with Crippen LogP contribution in [-0.4, -0.2) is 13.3 Å². The number of hydrogen-bond donors (Lipinski definition) is 1. The Balaban J connectivity index is 0.000000191. The Morgan fingerprint density at radius 2 is 1.41 bits per heavy atom. The molecule has 3 nitrogen and oxygen atoms in total. The highest BCUT2D eigenvalue weighted by atomic mass is 32.1. The lowest BCUT2D eigenvalue weighted by atomic mass is 9.77. The van der Waals surface area contributed by atoms with Gasteiger partial charge >= 0.3 is 0 Å². The predicted octanol–water partition coefficient (Wildman–Crippen LogP) is 17.3. The average molecular weight is 855 g/mol. The van der Waals surface area contributed by atoms with Crippen LogP contribution in [0.25, 0.3) is 50.6 Å². The van der Waals surface area contributed by atoms with Crippen LogP contribution in [0.1, 0.15) is 80.5 Å². The van der Waals surface area contributed by atoms with Gasteiger partial charge in [-0.25, -0.2) is 0 Å². The summed E-state index contributed by atoms with van der Waals surface area (Å²) < 4.78 is 6.35. The maximum absolute atomic E-state index is 6.35. The van der Waals surface area contributed by atoms with E-state index in [1.165, 1.54) is 74.6 Å². The number of anilines is 3. The Hall–Kier alpha value is -6.62. The first-order valence-electron chi connectivity index (χ1n) is 22.4. The molecule has 320 valence electrons. The molecule has 4 heteroatoms. The largest absolute Gasteiger partial charge is 0.456 e. The maximum atomic E-state index is 6.35. The molecule has 2 aliphatic carbocycles. The standard InChI is InChI=1S/C38H31NO.C16H21N.C6H6S/c1-5-14-35-27(6-2)29-22-21-26(23-36(29)40-35)39(25-15-8-7-9-16-25)34-24-33-37(30-18-11-10-17-28(30)34)31-19-12-13-20-32(31)38(33,3)4;1-12-7-4-5-10-15(12)16(11-17-3)13(2)14-8-6-9-14;7-6-4-2-1-3-5-6/h5-24H,2H2,1,3-4H3;4-5,7,10-11,14H,6,8-9H2,1-3H3;1-5,7H/b14-5-;16-13-,17-11?;. The Bertz CT molecular complexity index is 3020. The summed E-state index contributed by atoms with van der Waals surface area (Å²) in [4.78, 5) is 7.62. The summed E-state index contributed by atoms with van der Waals surface area (Å²) in [7, 11) is 1.85. The summed E-state index contributed by atoms with van der Waals surface area (Å²) >= 11 is 4.08. The number of nitrogens with zero attached hydrogens (tertiary/aromatic N) is 2. The van der Waals surface area contributed by atoms with Crippen LogP contribution in [0.4, 0.5) is 17.1 Å². The van der Waals surface area contributed by atoms with Crippen molar-refractivity contribution in [3.63, 3.8) is 0 Å². The second-order valence-electron chi connectivity index (χ2n) is 17.2. The number of benzene rings is 7. The van der Waals surface area contributed by atoms with Crippen molar-refractivity contribution in [1.29, 1.82) is 0 Å². The van der Waals surface area contributed by atoms with E-state index in [1.807, 2.05) is 68.7 Å². The van der Waals surface area contributed by atoms with Gasteiger partial charge in [0.15, 0.2) is 0 Å². The Kier molecular flexibility index (Phi) is 13.3. The van der Waals surface area contributed by atoms with Crippen LogP contribution in [-0.2, 0) is 5.41 Å². The number of thiol groups is 1. The van der Waals surface area contributed by atoms with Crippen LogP contribution >= 0.6 is 12.6 Å². The first-order valence-corrected chi connectivity index (χ1v) is 22.9. The number of allylic oxidation sites excluding steroid dienone is 3. The summed E-state index contributed by atoms with van der Waals surface area (Å²) in [6.07, 6.45) is 12.0. The van der Waals surface area contributed by atoms with Crippen molar-refractivity contribution < 1.29 is 4.42 Å². The minimum atomic E-state index is -0.113. The molecular weight excluding hydrogens is 797 g/mol. The minimum absolute atomic E-state index is 0.113. The van der Waals surface area contributed by atoms with E-state index in [4.69, 9.17) is 4.42 Å². The molecule has 0 spiro atoms. The van der Waals surface area contributed by atoms with Gasteiger partial charge in [-0.05, 0) is 132 Å². The van der Waals surface area contributed by atoms with Crippen molar-refractivity contribution in [2.75, 3.05) is 11.9 Å². The van der Waals surface area contributed by atoms with Gasteiger partial charge in [-0.3, -0.25) is 4.99 Å². The number of fused-ring (bicyclic) bond motifs is 6. The molecule has 1 heterocycles. The highest BCUT2D eigenvalue weighted by molar-refractivity contribution is 7.80. The van der Waals surface area contributed by atoms with Gasteiger partial charge in [0.1, 0.15) is 11.3 Å². The molecule has 7 aromatic carbocycles. The van der Waals surface area contributed by atoms with Crippen molar-refractivity contribution in [1.82, 2.24) is 0 Å². The third-order valence-electron chi connectivity index (χ3n) is 12.9. The van der Waals surface area contributed by atoms with Crippen molar-refractivity contribution in [3.05, 3.63) is 210 Å². The molecule has 1 aromatic heterocycles. The van der Waals surface area contributed by atoms with Gasteiger partial charge in [0, 0.05) is 57.3 Å². The predicted molar refractivity (Wildman–Crippen MR) is 280 cm³/mol. The quantitative estimate of drug-likeness (QED) is 0.122. The molecule has 0 bridgehead atoms. The molecule has 0 atom stereocenters. The molecule has 0 radical (unpaired) electrons. The Morgan fingerprint density at radius 1 is 0.750 bits per heavy atom. The zero-order valence-corrected chi connectivity index (χ0v) is 38.9.